The van der Waals surface area contributed by atoms with Gasteiger partial charge in [-0.25, -0.2) is 4.98 Å². The van der Waals surface area contributed by atoms with Gasteiger partial charge < -0.3 is 10.5 Å². The van der Waals surface area contributed by atoms with Crippen LogP contribution in [0.15, 0.2) is 21.2 Å². The second-order valence-electron chi connectivity index (χ2n) is 3.72. The molecule has 1 heterocycles. The molecule has 14 heavy (non-hydrogen) atoms. The van der Waals surface area contributed by atoms with E-state index >= 15 is 0 Å². The largest absolute Gasteiger partial charge is 0.475 e. The third-order valence-electron chi connectivity index (χ3n) is 1.35. The number of nitrogens with two attached hydrogens (primary N) is 1. The maximum atomic E-state index is 5.79. The van der Waals surface area contributed by atoms with E-state index in [0.717, 1.165) is 8.95 Å². The number of pyridine rings is 1. The molecule has 0 atom stereocenters. The zero-order valence-electron chi connectivity index (χ0n) is 8.05. The molecular weight excluding hydrogens is 312 g/mol. The van der Waals surface area contributed by atoms with Crippen molar-refractivity contribution in [3.05, 3.63) is 21.2 Å². The minimum atomic E-state index is -0.353. The molecule has 3 nitrogen and oxygen atoms in total. The van der Waals surface area contributed by atoms with E-state index < -0.39 is 0 Å². The Morgan fingerprint density at radius 1 is 1.50 bits per heavy atom. The van der Waals surface area contributed by atoms with Crippen LogP contribution in [0, 0.1) is 0 Å². The number of ether oxygens (including phenoxy) is 1. The van der Waals surface area contributed by atoms with Crippen LogP contribution in [-0.4, -0.2) is 17.1 Å². The number of aromatic nitrogens is 1. The van der Waals surface area contributed by atoms with E-state index in [9.17, 15) is 0 Å². The van der Waals surface area contributed by atoms with Crippen LogP contribution in [0.3, 0.4) is 0 Å². The third kappa shape index (κ3) is 3.94. The second kappa shape index (κ2) is 4.59. The van der Waals surface area contributed by atoms with Gasteiger partial charge in [0.2, 0.25) is 5.88 Å². The maximum Gasteiger partial charge on any atom is 0.228 e. The molecule has 0 aliphatic carbocycles. The molecule has 1 rings (SSSR count). The van der Waals surface area contributed by atoms with Gasteiger partial charge in [-0.05, 0) is 51.8 Å². The van der Waals surface area contributed by atoms with Crippen LogP contribution < -0.4 is 10.5 Å². The summed E-state index contributed by atoms with van der Waals surface area (Å²) in [6.45, 7) is 4.24. The smallest absolute Gasteiger partial charge is 0.228 e. The predicted molar refractivity (Wildman–Crippen MR) is 63.4 cm³/mol. The summed E-state index contributed by atoms with van der Waals surface area (Å²) < 4.78 is 7.17. The Labute approximate surface area is 100 Å². The Morgan fingerprint density at radius 3 is 2.64 bits per heavy atom. The predicted octanol–water partition coefficient (Wildman–Crippen LogP) is 2.72. The first kappa shape index (κ1) is 11.9. The average Bonchev–Trinajstić information content (AvgIpc) is 2.00. The monoisotopic (exact) mass is 322 g/mol. The summed E-state index contributed by atoms with van der Waals surface area (Å²) in [6, 6.07) is 1.88. The number of hydrogen-bond donors (Lipinski definition) is 1. The summed E-state index contributed by atoms with van der Waals surface area (Å²) in [6.07, 6.45) is 1.68. The Kier molecular flexibility index (Phi) is 3.92. The molecule has 0 aliphatic rings. The minimum Gasteiger partial charge on any atom is -0.475 e. The van der Waals surface area contributed by atoms with E-state index in [2.05, 4.69) is 36.8 Å². The zero-order valence-corrected chi connectivity index (χ0v) is 11.2. The Balaban J connectivity index is 2.68. The van der Waals surface area contributed by atoms with Gasteiger partial charge in [0, 0.05) is 16.2 Å². The van der Waals surface area contributed by atoms with Crippen molar-refractivity contribution < 1.29 is 4.74 Å². The molecule has 0 amide bonds. The van der Waals surface area contributed by atoms with Gasteiger partial charge in [0.05, 0.1) is 4.47 Å². The molecule has 0 aromatic carbocycles. The molecule has 0 fully saturated rings. The number of rotatable bonds is 3. The lowest BCUT2D eigenvalue weighted by molar-refractivity contribution is 0.233. The van der Waals surface area contributed by atoms with Gasteiger partial charge in [-0.3, -0.25) is 0 Å². The van der Waals surface area contributed by atoms with E-state index in [1.54, 1.807) is 6.20 Å². The van der Waals surface area contributed by atoms with Crippen molar-refractivity contribution in [1.82, 2.24) is 4.98 Å². The van der Waals surface area contributed by atoms with Crippen molar-refractivity contribution in [3.8, 4) is 5.88 Å². The van der Waals surface area contributed by atoms with Crippen LogP contribution >= 0.6 is 31.9 Å². The molecule has 0 radical (unpaired) electrons. The highest BCUT2D eigenvalue weighted by Gasteiger charge is 2.13. The van der Waals surface area contributed by atoms with E-state index in [1.807, 2.05) is 19.9 Å². The van der Waals surface area contributed by atoms with E-state index in [-0.39, 0.29) is 5.54 Å². The molecule has 0 aliphatic heterocycles. The Hall–Kier alpha value is -0.130. The first-order valence-corrected chi connectivity index (χ1v) is 5.70. The van der Waals surface area contributed by atoms with Crippen molar-refractivity contribution >= 4 is 31.9 Å². The zero-order chi connectivity index (χ0) is 10.8. The lowest BCUT2D eigenvalue weighted by Crippen LogP contribution is -2.38. The van der Waals surface area contributed by atoms with Crippen molar-refractivity contribution in [3.63, 3.8) is 0 Å². The molecule has 0 saturated carbocycles. The van der Waals surface area contributed by atoms with Crippen LogP contribution in [0.4, 0.5) is 0 Å². The lowest BCUT2D eigenvalue weighted by Gasteiger charge is -2.18. The van der Waals surface area contributed by atoms with E-state index in [0.29, 0.717) is 12.5 Å². The van der Waals surface area contributed by atoms with E-state index in [4.69, 9.17) is 10.5 Å². The normalized spacial score (nSPS) is 11.5. The highest BCUT2D eigenvalue weighted by molar-refractivity contribution is 9.11. The fourth-order valence-electron chi connectivity index (χ4n) is 0.763. The minimum absolute atomic E-state index is 0.353. The van der Waals surface area contributed by atoms with Gasteiger partial charge in [0.15, 0.2) is 0 Å². The fourth-order valence-corrected chi connectivity index (χ4v) is 1.86. The summed E-state index contributed by atoms with van der Waals surface area (Å²) in [5.74, 6) is 0.562. The summed E-state index contributed by atoms with van der Waals surface area (Å²) in [5, 5.41) is 0. The molecule has 78 valence electrons. The maximum absolute atomic E-state index is 5.79. The highest BCUT2D eigenvalue weighted by atomic mass is 79.9. The molecule has 1 aromatic rings. The van der Waals surface area contributed by atoms with Gasteiger partial charge in [-0.1, -0.05) is 0 Å². The fraction of sp³-hybridized carbons (Fsp3) is 0.444. The quantitative estimate of drug-likeness (QED) is 0.930. The molecule has 0 saturated heterocycles. The molecule has 5 heteroatoms. The van der Waals surface area contributed by atoms with Gasteiger partial charge >= 0.3 is 0 Å². The first-order valence-electron chi connectivity index (χ1n) is 4.11. The van der Waals surface area contributed by atoms with Crippen LogP contribution in [-0.2, 0) is 0 Å². The molecule has 0 spiro atoms. The van der Waals surface area contributed by atoms with Crippen LogP contribution in [0.5, 0.6) is 5.88 Å². The van der Waals surface area contributed by atoms with Crippen molar-refractivity contribution in [1.29, 1.82) is 0 Å². The van der Waals surface area contributed by atoms with Crippen LogP contribution in [0.1, 0.15) is 13.8 Å². The van der Waals surface area contributed by atoms with Gasteiger partial charge in [-0.15, -0.1) is 0 Å². The molecule has 0 bridgehead atoms. The number of halogens is 2. The van der Waals surface area contributed by atoms with E-state index in [1.165, 1.54) is 0 Å². The summed E-state index contributed by atoms with van der Waals surface area (Å²) in [7, 11) is 0. The molecule has 0 unspecified atom stereocenters. The average molecular weight is 324 g/mol. The Morgan fingerprint density at radius 2 is 2.14 bits per heavy atom. The SMILES string of the molecule is CC(C)(N)COc1ncc(Br)cc1Br. The van der Waals surface area contributed by atoms with Crippen molar-refractivity contribution in [2.24, 2.45) is 5.73 Å². The highest BCUT2D eigenvalue weighted by Crippen LogP contribution is 2.25. The van der Waals surface area contributed by atoms with Crippen LogP contribution in [0.2, 0.25) is 0 Å². The van der Waals surface area contributed by atoms with Gasteiger partial charge in [-0.2, -0.15) is 0 Å². The standard InChI is InChI=1S/C9H12Br2N2O/c1-9(2,12)5-14-8-7(11)3-6(10)4-13-8/h3-4H,5,12H2,1-2H3. The lowest BCUT2D eigenvalue weighted by atomic mass is 10.1. The molecular formula is C9H12Br2N2O. The number of hydrogen-bond acceptors (Lipinski definition) is 3. The second-order valence-corrected chi connectivity index (χ2v) is 5.49. The molecule has 2 N–H and O–H groups in total. The summed E-state index contributed by atoms with van der Waals surface area (Å²) in [5.41, 5.74) is 5.43. The third-order valence-corrected chi connectivity index (χ3v) is 2.36. The molecule has 1 aromatic heterocycles. The van der Waals surface area contributed by atoms with Crippen molar-refractivity contribution in [2.75, 3.05) is 6.61 Å². The van der Waals surface area contributed by atoms with Crippen molar-refractivity contribution in [2.45, 2.75) is 19.4 Å². The van der Waals surface area contributed by atoms with Crippen LogP contribution in [0.25, 0.3) is 0 Å². The first-order chi connectivity index (χ1) is 6.38. The number of nitrogens with zero attached hydrogens (tertiary/aromatic N) is 1. The summed E-state index contributed by atoms with van der Waals surface area (Å²) >= 11 is 6.67. The summed E-state index contributed by atoms with van der Waals surface area (Å²) in [4.78, 5) is 4.11. The van der Waals surface area contributed by atoms with Gasteiger partial charge in [0.1, 0.15) is 6.61 Å². The van der Waals surface area contributed by atoms with Gasteiger partial charge in [0.25, 0.3) is 0 Å². The topological polar surface area (TPSA) is 48.1 Å². The Bertz CT molecular complexity index is 323.